The Morgan fingerprint density at radius 1 is 1.13 bits per heavy atom. The summed E-state index contributed by atoms with van der Waals surface area (Å²) in [6, 6.07) is 5.77. The summed E-state index contributed by atoms with van der Waals surface area (Å²) in [6.45, 7) is 0. The molecule has 0 atom stereocenters. The fraction of sp³-hybridized carbons (Fsp3) is 0.333. The van der Waals surface area contributed by atoms with E-state index in [1.54, 1.807) is 6.20 Å². The van der Waals surface area contributed by atoms with E-state index in [0.29, 0.717) is 5.89 Å². The van der Waals surface area contributed by atoms with Crippen molar-refractivity contribution in [2.45, 2.75) is 25.7 Å². The highest BCUT2D eigenvalue weighted by atomic mass is 16.4. The molecule has 0 amide bonds. The Bertz CT molecular complexity index is 438. The van der Waals surface area contributed by atoms with Gasteiger partial charge in [0.1, 0.15) is 11.5 Å². The van der Waals surface area contributed by atoms with Crippen molar-refractivity contribution in [2.24, 2.45) is 0 Å². The van der Waals surface area contributed by atoms with Crippen LogP contribution in [0.2, 0.25) is 0 Å². The molecule has 0 aromatic carbocycles. The van der Waals surface area contributed by atoms with E-state index < -0.39 is 0 Å². The van der Waals surface area contributed by atoms with E-state index in [2.05, 4.69) is 9.97 Å². The summed E-state index contributed by atoms with van der Waals surface area (Å²) in [5.41, 5.74) is 1.95. The SMILES string of the molecule is c1ccc(-c2nc3c(o2)CCCC3)nc1. The first-order valence-corrected chi connectivity index (χ1v) is 5.33. The number of aromatic nitrogens is 2. The molecule has 0 aliphatic heterocycles. The minimum Gasteiger partial charge on any atom is -0.440 e. The number of fused-ring (bicyclic) bond motifs is 1. The number of rotatable bonds is 1. The predicted octanol–water partition coefficient (Wildman–Crippen LogP) is 2.62. The summed E-state index contributed by atoms with van der Waals surface area (Å²) in [5, 5.41) is 0. The summed E-state index contributed by atoms with van der Waals surface area (Å²) < 4.78 is 5.72. The van der Waals surface area contributed by atoms with Crippen molar-refractivity contribution in [3.8, 4) is 11.6 Å². The molecule has 0 fully saturated rings. The van der Waals surface area contributed by atoms with Gasteiger partial charge in [0.25, 0.3) is 0 Å². The van der Waals surface area contributed by atoms with Gasteiger partial charge in [-0.15, -0.1) is 0 Å². The number of oxazole rings is 1. The Hall–Kier alpha value is -1.64. The molecule has 1 aliphatic rings. The highest BCUT2D eigenvalue weighted by molar-refractivity contribution is 5.47. The van der Waals surface area contributed by atoms with Crippen LogP contribution in [0.5, 0.6) is 0 Å². The maximum Gasteiger partial charge on any atom is 0.245 e. The van der Waals surface area contributed by atoms with Crippen LogP contribution in [0.15, 0.2) is 28.8 Å². The van der Waals surface area contributed by atoms with Crippen LogP contribution >= 0.6 is 0 Å². The highest BCUT2D eigenvalue weighted by Crippen LogP contribution is 2.25. The van der Waals surface area contributed by atoms with Crippen LogP contribution in [0.4, 0.5) is 0 Å². The molecule has 3 rings (SSSR count). The molecule has 0 N–H and O–H groups in total. The minimum atomic E-state index is 0.669. The fourth-order valence-corrected chi connectivity index (χ4v) is 1.95. The third-order valence-electron chi connectivity index (χ3n) is 2.73. The van der Waals surface area contributed by atoms with Crippen LogP contribution in [-0.4, -0.2) is 9.97 Å². The van der Waals surface area contributed by atoms with E-state index in [1.807, 2.05) is 18.2 Å². The van der Waals surface area contributed by atoms with Crippen molar-refractivity contribution in [2.75, 3.05) is 0 Å². The van der Waals surface area contributed by atoms with Gasteiger partial charge in [0.15, 0.2) is 0 Å². The third-order valence-corrected chi connectivity index (χ3v) is 2.73. The first-order valence-electron chi connectivity index (χ1n) is 5.33. The van der Waals surface area contributed by atoms with Crippen LogP contribution in [0.1, 0.15) is 24.3 Å². The van der Waals surface area contributed by atoms with Gasteiger partial charge in [0.05, 0.1) is 5.69 Å². The third kappa shape index (κ3) is 1.54. The topological polar surface area (TPSA) is 38.9 Å². The van der Waals surface area contributed by atoms with E-state index in [4.69, 9.17) is 4.42 Å². The summed E-state index contributed by atoms with van der Waals surface area (Å²) in [4.78, 5) is 8.73. The van der Waals surface area contributed by atoms with Crippen molar-refractivity contribution < 1.29 is 4.42 Å². The average molecular weight is 200 g/mol. The molecule has 76 valence electrons. The number of hydrogen-bond donors (Lipinski definition) is 0. The summed E-state index contributed by atoms with van der Waals surface area (Å²) >= 11 is 0. The number of aryl methyl sites for hydroxylation is 2. The quantitative estimate of drug-likeness (QED) is 0.710. The first-order chi connectivity index (χ1) is 7.43. The molecule has 0 saturated carbocycles. The molecule has 3 heteroatoms. The second-order valence-corrected chi connectivity index (χ2v) is 3.81. The fourth-order valence-electron chi connectivity index (χ4n) is 1.95. The van der Waals surface area contributed by atoms with Crippen molar-refractivity contribution in [1.29, 1.82) is 0 Å². The molecule has 3 nitrogen and oxygen atoms in total. The molecule has 0 saturated heterocycles. The Labute approximate surface area is 88.2 Å². The zero-order valence-corrected chi connectivity index (χ0v) is 8.44. The van der Waals surface area contributed by atoms with Crippen molar-refractivity contribution in [1.82, 2.24) is 9.97 Å². The second kappa shape index (κ2) is 3.50. The predicted molar refractivity (Wildman–Crippen MR) is 56.4 cm³/mol. The van der Waals surface area contributed by atoms with Gasteiger partial charge in [-0.2, -0.15) is 0 Å². The molecular weight excluding hydrogens is 188 g/mol. The Morgan fingerprint density at radius 2 is 2.07 bits per heavy atom. The van der Waals surface area contributed by atoms with Gasteiger partial charge in [-0.1, -0.05) is 6.07 Å². The Morgan fingerprint density at radius 3 is 2.87 bits per heavy atom. The lowest BCUT2D eigenvalue weighted by atomic mass is 10.0. The molecule has 0 radical (unpaired) electrons. The van der Waals surface area contributed by atoms with Gasteiger partial charge in [0.2, 0.25) is 5.89 Å². The zero-order chi connectivity index (χ0) is 10.1. The molecule has 0 spiro atoms. The van der Waals surface area contributed by atoms with E-state index in [9.17, 15) is 0 Å². The standard InChI is InChI=1S/C12H12N2O/c1-2-7-11-9(5-1)14-12(15-11)10-6-3-4-8-13-10/h3-4,6,8H,1-2,5,7H2. The molecule has 0 unspecified atom stereocenters. The normalized spacial score (nSPS) is 14.9. The van der Waals surface area contributed by atoms with Crippen LogP contribution in [-0.2, 0) is 12.8 Å². The monoisotopic (exact) mass is 200 g/mol. The van der Waals surface area contributed by atoms with Crippen molar-refractivity contribution in [3.05, 3.63) is 35.9 Å². The lowest BCUT2D eigenvalue weighted by Crippen LogP contribution is -1.99. The smallest absolute Gasteiger partial charge is 0.245 e. The lowest BCUT2D eigenvalue weighted by molar-refractivity contribution is 0.486. The maximum absolute atomic E-state index is 5.72. The van der Waals surface area contributed by atoms with Gasteiger partial charge in [0, 0.05) is 12.6 Å². The minimum absolute atomic E-state index is 0.669. The van der Waals surface area contributed by atoms with Gasteiger partial charge < -0.3 is 4.42 Å². The second-order valence-electron chi connectivity index (χ2n) is 3.81. The molecule has 2 aromatic rings. The van der Waals surface area contributed by atoms with Gasteiger partial charge in [-0.05, 0) is 31.4 Å². The van der Waals surface area contributed by atoms with Crippen LogP contribution < -0.4 is 0 Å². The van der Waals surface area contributed by atoms with Crippen molar-refractivity contribution >= 4 is 0 Å². The first kappa shape index (κ1) is 8.65. The lowest BCUT2D eigenvalue weighted by Gasteiger charge is -2.05. The highest BCUT2D eigenvalue weighted by Gasteiger charge is 2.17. The summed E-state index contributed by atoms with van der Waals surface area (Å²) in [5.74, 6) is 1.73. The number of nitrogens with zero attached hydrogens (tertiary/aromatic N) is 2. The Kier molecular flexibility index (Phi) is 2.02. The molecule has 1 aliphatic carbocycles. The van der Waals surface area contributed by atoms with Gasteiger partial charge >= 0.3 is 0 Å². The average Bonchev–Trinajstić information content (AvgIpc) is 2.74. The van der Waals surface area contributed by atoms with Crippen molar-refractivity contribution in [3.63, 3.8) is 0 Å². The summed E-state index contributed by atoms with van der Waals surface area (Å²) in [7, 11) is 0. The number of hydrogen-bond acceptors (Lipinski definition) is 3. The van der Waals surface area contributed by atoms with Gasteiger partial charge in [-0.25, -0.2) is 4.98 Å². The van der Waals surface area contributed by atoms with E-state index in [1.165, 1.54) is 12.8 Å². The van der Waals surface area contributed by atoms with Gasteiger partial charge in [-0.3, -0.25) is 4.98 Å². The van der Waals surface area contributed by atoms with E-state index in [-0.39, 0.29) is 0 Å². The zero-order valence-electron chi connectivity index (χ0n) is 8.44. The van der Waals surface area contributed by atoms with Crippen LogP contribution in [0, 0.1) is 0 Å². The van der Waals surface area contributed by atoms with E-state index >= 15 is 0 Å². The van der Waals surface area contributed by atoms with E-state index in [0.717, 1.165) is 30.0 Å². The number of pyridine rings is 1. The van der Waals surface area contributed by atoms with Crippen LogP contribution in [0.3, 0.4) is 0 Å². The molecule has 2 heterocycles. The molecule has 0 bridgehead atoms. The largest absolute Gasteiger partial charge is 0.440 e. The molecule has 15 heavy (non-hydrogen) atoms. The summed E-state index contributed by atoms with van der Waals surface area (Å²) in [6.07, 6.45) is 6.27. The van der Waals surface area contributed by atoms with Crippen LogP contribution in [0.25, 0.3) is 11.6 Å². The molecule has 2 aromatic heterocycles. The Balaban J connectivity index is 2.03. The maximum atomic E-state index is 5.72. The molecular formula is C12H12N2O.